The summed E-state index contributed by atoms with van der Waals surface area (Å²) in [4.78, 5) is 0. The molecule has 2 aromatic rings. The Morgan fingerprint density at radius 3 is 2.65 bits per heavy atom. The van der Waals surface area contributed by atoms with Gasteiger partial charge in [-0.25, -0.2) is 4.68 Å². The van der Waals surface area contributed by atoms with Gasteiger partial charge in [-0.1, -0.05) is 17.3 Å². The predicted molar refractivity (Wildman–Crippen MR) is 86.5 cm³/mol. The van der Waals surface area contributed by atoms with Gasteiger partial charge < -0.3 is 19.9 Å². The van der Waals surface area contributed by atoms with Gasteiger partial charge in [-0.15, -0.1) is 5.10 Å². The van der Waals surface area contributed by atoms with Crippen LogP contribution >= 0.6 is 0 Å². The zero-order valence-electron chi connectivity index (χ0n) is 13.8. The predicted octanol–water partition coefficient (Wildman–Crippen LogP) is 0.942. The first-order chi connectivity index (χ1) is 11.1. The molecule has 0 fully saturated rings. The molecule has 0 radical (unpaired) electrons. The van der Waals surface area contributed by atoms with Crippen molar-refractivity contribution < 1.29 is 14.6 Å². The largest absolute Gasteiger partial charge is 0.384 e. The average molecular weight is 320 g/mol. The Bertz CT molecular complexity index is 583. The van der Waals surface area contributed by atoms with E-state index < -0.39 is 5.60 Å². The zero-order valence-corrected chi connectivity index (χ0v) is 13.8. The van der Waals surface area contributed by atoms with Crippen LogP contribution in [0.3, 0.4) is 0 Å². The Morgan fingerprint density at radius 1 is 1.30 bits per heavy atom. The highest BCUT2D eigenvalue weighted by Gasteiger charge is 2.27. The number of aromatic nitrogens is 3. The first kappa shape index (κ1) is 17.6. The summed E-state index contributed by atoms with van der Waals surface area (Å²) in [5.41, 5.74) is 0.981. The van der Waals surface area contributed by atoms with E-state index in [1.54, 1.807) is 31.3 Å². The average Bonchev–Trinajstić information content (AvgIpc) is 3.08. The number of methoxy groups -OCH3 is 2. The molecule has 2 N–H and O–H groups in total. The number of nitrogens with one attached hydrogen (secondary N) is 1. The molecule has 0 aliphatic rings. The lowest BCUT2D eigenvalue weighted by Crippen LogP contribution is -2.48. The quantitative estimate of drug-likeness (QED) is 0.716. The SMILES string of the molecule is COCC(O)(CNC(C)c1cccc(-n2ccnn2)c1)COC. The van der Waals surface area contributed by atoms with Gasteiger partial charge in [0, 0.05) is 26.8 Å². The lowest BCUT2D eigenvalue weighted by molar-refractivity contribution is -0.0762. The second-order valence-corrected chi connectivity index (χ2v) is 5.64. The highest BCUT2D eigenvalue weighted by atomic mass is 16.5. The molecule has 1 aromatic carbocycles. The molecule has 0 bridgehead atoms. The molecular formula is C16H24N4O3. The molecule has 0 amide bonds. The summed E-state index contributed by atoms with van der Waals surface area (Å²) >= 11 is 0. The van der Waals surface area contributed by atoms with Crippen molar-refractivity contribution in [2.24, 2.45) is 0 Å². The van der Waals surface area contributed by atoms with E-state index >= 15 is 0 Å². The molecule has 23 heavy (non-hydrogen) atoms. The molecule has 0 aliphatic heterocycles. The summed E-state index contributed by atoms with van der Waals surface area (Å²) in [5.74, 6) is 0. The van der Waals surface area contributed by atoms with Crippen LogP contribution < -0.4 is 5.32 Å². The molecular weight excluding hydrogens is 296 g/mol. The summed E-state index contributed by atoms with van der Waals surface area (Å²) in [5, 5.41) is 21.6. The minimum atomic E-state index is -1.05. The van der Waals surface area contributed by atoms with Crippen LogP contribution in [0.2, 0.25) is 0 Å². The minimum Gasteiger partial charge on any atom is -0.384 e. The summed E-state index contributed by atoms with van der Waals surface area (Å²) in [7, 11) is 3.12. The van der Waals surface area contributed by atoms with Crippen molar-refractivity contribution in [2.75, 3.05) is 34.0 Å². The van der Waals surface area contributed by atoms with Crippen LogP contribution in [-0.4, -0.2) is 59.7 Å². The van der Waals surface area contributed by atoms with Gasteiger partial charge in [-0.3, -0.25) is 0 Å². The Kier molecular flexibility index (Phi) is 6.23. The van der Waals surface area contributed by atoms with E-state index in [1.807, 2.05) is 31.2 Å². The molecule has 0 saturated carbocycles. The van der Waals surface area contributed by atoms with Gasteiger partial charge in [0.15, 0.2) is 0 Å². The third-order valence-electron chi connectivity index (χ3n) is 3.62. The lowest BCUT2D eigenvalue weighted by Gasteiger charge is -2.28. The van der Waals surface area contributed by atoms with Gasteiger partial charge in [0.2, 0.25) is 0 Å². The highest BCUT2D eigenvalue weighted by molar-refractivity contribution is 5.36. The Balaban J connectivity index is 2.03. The van der Waals surface area contributed by atoms with Gasteiger partial charge in [0.05, 0.1) is 31.3 Å². The first-order valence-electron chi connectivity index (χ1n) is 7.48. The fourth-order valence-electron chi connectivity index (χ4n) is 2.42. The molecule has 2 rings (SSSR count). The fraction of sp³-hybridized carbons (Fsp3) is 0.500. The van der Waals surface area contributed by atoms with Crippen LogP contribution in [0.1, 0.15) is 18.5 Å². The van der Waals surface area contributed by atoms with Gasteiger partial charge >= 0.3 is 0 Å². The monoisotopic (exact) mass is 320 g/mol. The van der Waals surface area contributed by atoms with Gasteiger partial charge in [0.1, 0.15) is 5.60 Å². The fourth-order valence-corrected chi connectivity index (χ4v) is 2.42. The van der Waals surface area contributed by atoms with E-state index in [1.165, 1.54) is 0 Å². The second kappa shape index (κ2) is 8.16. The van der Waals surface area contributed by atoms with Crippen molar-refractivity contribution in [1.29, 1.82) is 0 Å². The van der Waals surface area contributed by atoms with Crippen LogP contribution in [0.5, 0.6) is 0 Å². The van der Waals surface area contributed by atoms with Crippen molar-refractivity contribution >= 4 is 0 Å². The number of nitrogens with zero attached hydrogens (tertiary/aromatic N) is 3. The van der Waals surface area contributed by atoms with Crippen molar-refractivity contribution in [3.63, 3.8) is 0 Å². The maximum absolute atomic E-state index is 10.5. The number of ether oxygens (including phenoxy) is 2. The molecule has 0 spiro atoms. The molecule has 7 heteroatoms. The molecule has 1 aromatic heterocycles. The molecule has 7 nitrogen and oxygen atoms in total. The van der Waals surface area contributed by atoms with E-state index in [0.29, 0.717) is 6.54 Å². The number of hydrogen-bond acceptors (Lipinski definition) is 6. The van der Waals surface area contributed by atoms with Crippen LogP contribution in [0.25, 0.3) is 5.69 Å². The summed E-state index contributed by atoms with van der Waals surface area (Å²) in [6, 6.07) is 8.07. The Morgan fingerprint density at radius 2 is 2.04 bits per heavy atom. The van der Waals surface area contributed by atoms with E-state index in [0.717, 1.165) is 11.3 Å². The van der Waals surface area contributed by atoms with E-state index in [4.69, 9.17) is 9.47 Å². The molecule has 1 heterocycles. The normalized spacial score (nSPS) is 13.2. The smallest absolute Gasteiger partial charge is 0.123 e. The van der Waals surface area contributed by atoms with Gasteiger partial charge in [-0.2, -0.15) is 0 Å². The summed E-state index contributed by atoms with van der Waals surface area (Å²) in [6.07, 6.45) is 3.44. The van der Waals surface area contributed by atoms with Crippen molar-refractivity contribution in [3.8, 4) is 5.69 Å². The Labute approximate surface area is 136 Å². The molecule has 126 valence electrons. The van der Waals surface area contributed by atoms with Crippen LogP contribution in [0.15, 0.2) is 36.7 Å². The molecule has 0 saturated heterocycles. The standard InChI is InChI=1S/C16H24N4O3/c1-13(17-10-16(21,11-22-2)12-23-3)14-5-4-6-15(9-14)20-8-7-18-19-20/h4-9,13,17,21H,10-12H2,1-3H3. The van der Waals surface area contributed by atoms with Crippen molar-refractivity contribution in [2.45, 2.75) is 18.6 Å². The summed E-state index contributed by atoms with van der Waals surface area (Å²) in [6.45, 7) is 2.82. The van der Waals surface area contributed by atoms with Crippen molar-refractivity contribution in [3.05, 3.63) is 42.2 Å². The maximum atomic E-state index is 10.5. The van der Waals surface area contributed by atoms with Gasteiger partial charge in [0.25, 0.3) is 0 Å². The molecule has 1 atom stereocenters. The first-order valence-corrected chi connectivity index (χ1v) is 7.48. The van der Waals surface area contributed by atoms with Crippen LogP contribution in [0.4, 0.5) is 0 Å². The van der Waals surface area contributed by atoms with Gasteiger partial charge in [-0.05, 0) is 24.6 Å². The van der Waals surface area contributed by atoms with E-state index in [9.17, 15) is 5.11 Å². The maximum Gasteiger partial charge on any atom is 0.123 e. The third-order valence-corrected chi connectivity index (χ3v) is 3.62. The van der Waals surface area contributed by atoms with Crippen LogP contribution in [-0.2, 0) is 9.47 Å². The number of benzene rings is 1. The topological polar surface area (TPSA) is 81.4 Å². The minimum absolute atomic E-state index is 0.0544. The van der Waals surface area contributed by atoms with Crippen molar-refractivity contribution in [1.82, 2.24) is 20.3 Å². The van der Waals surface area contributed by atoms with E-state index in [2.05, 4.69) is 15.6 Å². The summed E-state index contributed by atoms with van der Waals surface area (Å²) < 4.78 is 11.9. The number of hydrogen-bond donors (Lipinski definition) is 2. The molecule has 0 aliphatic carbocycles. The zero-order chi connectivity index (χ0) is 16.7. The lowest BCUT2D eigenvalue weighted by atomic mass is 10.0. The highest BCUT2D eigenvalue weighted by Crippen LogP contribution is 2.17. The van der Waals surface area contributed by atoms with Crippen LogP contribution in [0, 0.1) is 0 Å². The molecule has 1 unspecified atom stereocenters. The number of aliphatic hydroxyl groups is 1. The Hall–Kier alpha value is -1.80. The van der Waals surface area contributed by atoms with E-state index in [-0.39, 0.29) is 19.3 Å². The third kappa shape index (κ3) is 4.84. The number of rotatable bonds is 9. The second-order valence-electron chi connectivity index (χ2n) is 5.64.